The minimum Gasteiger partial charge on any atom is -0.487 e. The molecular formula is C22H15F3I2N2O2. The van der Waals surface area contributed by atoms with Crippen LogP contribution in [0, 0.1) is 7.14 Å². The van der Waals surface area contributed by atoms with Gasteiger partial charge in [0.2, 0.25) is 0 Å². The maximum absolute atomic E-state index is 12.8. The predicted molar refractivity (Wildman–Crippen MR) is 129 cm³/mol. The number of carbonyl (C=O) groups excluding carboxylic acids is 1. The molecule has 1 amide bonds. The fourth-order valence-corrected chi connectivity index (χ4v) is 4.72. The van der Waals surface area contributed by atoms with Gasteiger partial charge in [0.05, 0.1) is 18.9 Å². The summed E-state index contributed by atoms with van der Waals surface area (Å²) in [6.07, 6.45) is -3.09. The number of hydrogen-bond donors (Lipinski definition) is 1. The van der Waals surface area contributed by atoms with E-state index in [-0.39, 0.29) is 5.56 Å². The molecule has 0 aromatic heterocycles. The highest BCUT2D eigenvalue weighted by Crippen LogP contribution is 2.30. The average Bonchev–Trinajstić information content (AvgIpc) is 2.73. The first kappa shape index (κ1) is 23.5. The molecule has 0 atom stereocenters. The van der Waals surface area contributed by atoms with Gasteiger partial charge in [0.1, 0.15) is 12.4 Å². The summed E-state index contributed by atoms with van der Waals surface area (Å²) in [7, 11) is 0. The zero-order valence-electron chi connectivity index (χ0n) is 15.8. The molecule has 0 bridgehead atoms. The largest absolute Gasteiger partial charge is 0.487 e. The van der Waals surface area contributed by atoms with Crippen molar-refractivity contribution in [1.82, 2.24) is 5.43 Å². The summed E-state index contributed by atoms with van der Waals surface area (Å²) in [4.78, 5) is 12.1. The van der Waals surface area contributed by atoms with Gasteiger partial charge < -0.3 is 4.74 Å². The monoisotopic (exact) mass is 650 g/mol. The van der Waals surface area contributed by atoms with Gasteiger partial charge in [-0.05, 0) is 86.6 Å². The number of carbonyl (C=O) groups is 1. The number of benzene rings is 3. The Labute approximate surface area is 204 Å². The summed E-state index contributed by atoms with van der Waals surface area (Å²) in [5, 5.41) is 3.86. The van der Waals surface area contributed by atoms with E-state index in [4.69, 9.17) is 4.74 Å². The zero-order chi connectivity index (χ0) is 22.4. The van der Waals surface area contributed by atoms with E-state index in [0.29, 0.717) is 12.2 Å². The van der Waals surface area contributed by atoms with Crippen molar-refractivity contribution < 1.29 is 22.7 Å². The lowest BCUT2D eigenvalue weighted by atomic mass is 10.1. The second kappa shape index (κ2) is 10.4. The van der Waals surface area contributed by atoms with E-state index in [2.05, 4.69) is 55.7 Å². The Morgan fingerprint density at radius 1 is 1.00 bits per heavy atom. The maximum Gasteiger partial charge on any atom is 0.416 e. The van der Waals surface area contributed by atoms with Crippen LogP contribution in [0.4, 0.5) is 13.2 Å². The van der Waals surface area contributed by atoms with Crippen LogP contribution in [0.25, 0.3) is 0 Å². The van der Waals surface area contributed by atoms with E-state index in [0.717, 1.165) is 30.6 Å². The molecule has 0 aliphatic carbocycles. The first-order valence-corrected chi connectivity index (χ1v) is 11.1. The van der Waals surface area contributed by atoms with E-state index in [9.17, 15) is 18.0 Å². The minimum atomic E-state index is -4.52. The SMILES string of the molecule is O=C(N/N=C\c1cc(I)c(OCc2ccccc2)c(I)c1)c1cccc(C(F)(F)F)c1. The normalized spacial score (nSPS) is 11.5. The van der Waals surface area contributed by atoms with E-state index in [1.165, 1.54) is 18.3 Å². The van der Waals surface area contributed by atoms with Crippen molar-refractivity contribution in [3.8, 4) is 5.75 Å². The van der Waals surface area contributed by atoms with Crippen LogP contribution in [0.15, 0.2) is 71.8 Å². The summed E-state index contributed by atoms with van der Waals surface area (Å²) in [6.45, 7) is 0.438. The molecule has 0 heterocycles. The summed E-state index contributed by atoms with van der Waals surface area (Å²) in [5.74, 6) is 0.0183. The van der Waals surface area contributed by atoms with Crippen molar-refractivity contribution in [2.75, 3.05) is 0 Å². The smallest absolute Gasteiger partial charge is 0.416 e. The highest BCUT2D eigenvalue weighted by Gasteiger charge is 2.30. The number of hydrogen-bond acceptors (Lipinski definition) is 3. The van der Waals surface area contributed by atoms with Crippen molar-refractivity contribution in [3.63, 3.8) is 0 Å². The first-order valence-electron chi connectivity index (χ1n) is 8.90. The molecule has 31 heavy (non-hydrogen) atoms. The molecule has 0 aliphatic heterocycles. The van der Waals surface area contributed by atoms with Crippen molar-refractivity contribution in [2.45, 2.75) is 12.8 Å². The van der Waals surface area contributed by atoms with Gasteiger partial charge in [0.25, 0.3) is 5.91 Å². The highest BCUT2D eigenvalue weighted by atomic mass is 127. The van der Waals surface area contributed by atoms with E-state index in [1.807, 2.05) is 42.5 Å². The van der Waals surface area contributed by atoms with Gasteiger partial charge in [-0.15, -0.1) is 0 Å². The maximum atomic E-state index is 12.8. The molecule has 3 aromatic rings. The molecule has 3 aromatic carbocycles. The van der Waals surface area contributed by atoms with E-state index >= 15 is 0 Å². The van der Waals surface area contributed by atoms with Crippen molar-refractivity contribution in [3.05, 3.63) is 96.1 Å². The second-order valence-corrected chi connectivity index (χ2v) is 8.69. The quantitative estimate of drug-likeness (QED) is 0.195. The molecule has 9 heteroatoms. The zero-order valence-corrected chi connectivity index (χ0v) is 20.1. The number of alkyl halides is 3. The Morgan fingerprint density at radius 3 is 2.32 bits per heavy atom. The van der Waals surface area contributed by atoms with Crippen LogP contribution in [0.2, 0.25) is 0 Å². The van der Waals surface area contributed by atoms with E-state index < -0.39 is 17.6 Å². The third-order valence-electron chi connectivity index (χ3n) is 4.08. The molecule has 0 saturated heterocycles. The molecule has 0 spiro atoms. The van der Waals surface area contributed by atoms with E-state index in [1.54, 1.807) is 0 Å². The molecule has 0 unspecified atom stereocenters. The Bertz CT molecular complexity index is 1080. The van der Waals surface area contributed by atoms with Gasteiger partial charge in [-0.2, -0.15) is 18.3 Å². The number of nitrogens with one attached hydrogen (secondary N) is 1. The Morgan fingerprint density at radius 2 is 1.68 bits per heavy atom. The van der Waals surface area contributed by atoms with Crippen molar-refractivity contribution >= 4 is 57.3 Å². The molecule has 4 nitrogen and oxygen atoms in total. The number of halogens is 5. The standard InChI is InChI=1S/C22H15F3I2N2O2/c23-22(24,25)17-8-4-7-16(11-17)21(30)29-28-12-15-9-18(26)20(19(27)10-15)31-13-14-5-2-1-3-6-14/h1-12H,13H2,(H,29,30)/b28-12-. The molecule has 3 rings (SSSR count). The highest BCUT2D eigenvalue weighted by molar-refractivity contribution is 14.1. The summed E-state index contributed by atoms with van der Waals surface area (Å²) in [5.41, 5.74) is 3.01. The topological polar surface area (TPSA) is 50.7 Å². The molecule has 0 aliphatic rings. The lowest BCUT2D eigenvalue weighted by Crippen LogP contribution is -2.18. The molecular weight excluding hydrogens is 635 g/mol. The first-order chi connectivity index (χ1) is 14.7. The predicted octanol–water partition coefficient (Wildman–Crippen LogP) is 6.26. The fraction of sp³-hybridized carbons (Fsp3) is 0.0909. The van der Waals surface area contributed by atoms with Gasteiger partial charge in [-0.1, -0.05) is 36.4 Å². The second-order valence-electron chi connectivity index (χ2n) is 6.37. The van der Waals surface area contributed by atoms with Gasteiger partial charge in [0, 0.05) is 5.56 Å². The fourth-order valence-electron chi connectivity index (χ4n) is 2.59. The number of hydrazone groups is 1. The van der Waals surface area contributed by atoms with Crippen LogP contribution in [-0.4, -0.2) is 12.1 Å². The van der Waals surface area contributed by atoms with Crippen LogP contribution in [0.3, 0.4) is 0 Å². The summed E-state index contributed by atoms with van der Waals surface area (Å²) in [6, 6.07) is 17.6. The number of rotatable bonds is 6. The van der Waals surface area contributed by atoms with Gasteiger partial charge in [-0.25, -0.2) is 5.43 Å². The average molecular weight is 650 g/mol. The van der Waals surface area contributed by atoms with Crippen LogP contribution in [0.5, 0.6) is 5.75 Å². The third kappa shape index (κ3) is 6.66. The van der Waals surface area contributed by atoms with Crippen LogP contribution < -0.4 is 10.2 Å². The summed E-state index contributed by atoms with van der Waals surface area (Å²) >= 11 is 4.31. The molecule has 0 radical (unpaired) electrons. The van der Waals surface area contributed by atoms with Crippen molar-refractivity contribution in [2.24, 2.45) is 5.10 Å². The minimum absolute atomic E-state index is 0.124. The Kier molecular flexibility index (Phi) is 7.92. The van der Waals surface area contributed by atoms with Crippen LogP contribution in [-0.2, 0) is 12.8 Å². The molecule has 0 fully saturated rings. The number of nitrogens with zero attached hydrogens (tertiary/aromatic N) is 1. The van der Waals surface area contributed by atoms with Crippen LogP contribution in [0.1, 0.15) is 27.0 Å². The van der Waals surface area contributed by atoms with Crippen LogP contribution >= 0.6 is 45.2 Å². The molecule has 1 N–H and O–H groups in total. The van der Waals surface area contributed by atoms with Gasteiger partial charge in [-0.3, -0.25) is 4.79 Å². The Hall–Kier alpha value is -2.15. The van der Waals surface area contributed by atoms with Crippen molar-refractivity contribution in [1.29, 1.82) is 0 Å². The molecule has 160 valence electrons. The Balaban J connectivity index is 1.65. The number of ether oxygens (including phenoxy) is 1. The lowest BCUT2D eigenvalue weighted by molar-refractivity contribution is -0.137. The summed E-state index contributed by atoms with van der Waals surface area (Å²) < 4.78 is 46.0. The lowest BCUT2D eigenvalue weighted by Gasteiger charge is -2.11. The molecule has 0 saturated carbocycles. The number of amides is 1. The van der Waals surface area contributed by atoms with Gasteiger partial charge in [0.15, 0.2) is 0 Å². The third-order valence-corrected chi connectivity index (χ3v) is 5.68. The van der Waals surface area contributed by atoms with Gasteiger partial charge >= 0.3 is 6.18 Å².